The van der Waals surface area contributed by atoms with E-state index in [1.807, 2.05) is 26.1 Å². The van der Waals surface area contributed by atoms with E-state index >= 15 is 0 Å². The number of fused-ring (bicyclic) bond motifs is 1. The van der Waals surface area contributed by atoms with Gasteiger partial charge in [-0.15, -0.1) is 0 Å². The first-order valence-corrected chi connectivity index (χ1v) is 4.60. The number of anilines is 2. The van der Waals surface area contributed by atoms with Crippen molar-refractivity contribution in [3.05, 3.63) is 12.3 Å². The number of nitrogens with one attached hydrogen (secondary N) is 2. The number of aromatic amines is 1. The van der Waals surface area contributed by atoms with Crippen LogP contribution in [0.5, 0.6) is 0 Å². The highest BCUT2D eigenvalue weighted by molar-refractivity contribution is 5.97. The lowest BCUT2D eigenvalue weighted by Gasteiger charge is -2.13. The lowest BCUT2D eigenvalue weighted by molar-refractivity contribution is 0.757. The third-order valence-electron chi connectivity index (χ3n) is 2.14. The molecule has 0 fully saturated rings. The zero-order valence-electron chi connectivity index (χ0n) is 8.33. The van der Waals surface area contributed by atoms with Crippen molar-refractivity contribution in [3.8, 4) is 0 Å². The largest absolute Gasteiger partial charge is 0.395 e. The molecule has 0 atom stereocenters. The van der Waals surface area contributed by atoms with Crippen molar-refractivity contribution in [1.82, 2.24) is 9.66 Å². The Hall–Kier alpha value is -1.78. The highest BCUT2D eigenvalue weighted by atomic mass is 15.5. The van der Waals surface area contributed by atoms with Crippen LogP contribution in [0.25, 0.3) is 11.0 Å². The zero-order valence-corrected chi connectivity index (χ0v) is 8.33. The SMILES string of the molecule is CC(C)Nn1c(N)c(N)c2cc[nH]c21. The number of H-pyrrole nitrogens is 1. The predicted octanol–water partition coefficient (Wildman–Crippen LogP) is 1.09. The second kappa shape index (κ2) is 2.87. The first kappa shape index (κ1) is 8.80. The molecule has 5 nitrogen and oxygen atoms in total. The predicted molar refractivity (Wildman–Crippen MR) is 59.6 cm³/mol. The Bertz CT molecular complexity index is 451. The summed E-state index contributed by atoms with van der Waals surface area (Å²) >= 11 is 0. The Morgan fingerprint density at radius 3 is 2.79 bits per heavy atom. The van der Waals surface area contributed by atoms with Crippen molar-refractivity contribution in [3.63, 3.8) is 0 Å². The van der Waals surface area contributed by atoms with Gasteiger partial charge in [-0.25, -0.2) is 4.68 Å². The first-order chi connectivity index (χ1) is 6.61. The van der Waals surface area contributed by atoms with Crippen LogP contribution in [-0.2, 0) is 0 Å². The molecule has 2 aromatic rings. The summed E-state index contributed by atoms with van der Waals surface area (Å²) in [7, 11) is 0. The lowest BCUT2D eigenvalue weighted by atomic mass is 10.3. The van der Waals surface area contributed by atoms with Gasteiger partial charge in [0, 0.05) is 17.6 Å². The molecule has 5 heteroatoms. The molecule has 0 spiro atoms. The van der Waals surface area contributed by atoms with E-state index in [1.54, 1.807) is 4.68 Å². The Morgan fingerprint density at radius 2 is 2.14 bits per heavy atom. The van der Waals surface area contributed by atoms with E-state index in [9.17, 15) is 0 Å². The molecule has 0 aliphatic carbocycles. The average molecular weight is 193 g/mol. The Kier molecular flexibility index (Phi) is 1.80. The van der Waals surface area contributed by atoms with Gasteiger partial charge in [0.25, 0.3) is 0 Å². The third kappa shape index (κ3) is 1.09. The summed E-state index contributed by atoms with van der Waals surface area (Å²) in [5, 5.41) is 0.954. The van der Waals surface area contributed by atoms with Gasteiger partial charge in [0.2, 0.25) is 0 Å². The minimum atomic E-state index is 0.301. The van der Waals surface area contributed by atoms with E-state index in [0.29, 0.717) is 17.5 Å². The number of nitrogens with zero attached hydrogens (tertiary/aromatic N) is 1. The van der Waals surface area contributed by atoms with Crippen molar-refractivity contribution in [2.24, 2.45) is 0 Å². The lowest BCUT2D eigenvalue weighted by Crippen LogP contribution is -2.23. The van der Waals surface area contributed by atoms with Crippen LogP contribution < -0.4 is 16.9 Å². The van der Waals surface area contributed by atoms with E-state index < -0.39 is 0 Å². The highest BCUT2D eigenvalue weighted by Gasteiger charge is 2.13. The molecule has 2 rings (SSSR count). The molecule has 0 saturated carbocycles. The molecule has 0 radical (unpaired) electrons. The molecule has 0 saturated heterocycles. The molecule has 0 bridgehead atoms. The van der Waals surface area contributed by atoms with Crippen molar-refractivity contribution >= 4 is 22.5 Å². The first-order valence-electron chi connectivity index (χ1n) is 4.60. The molecule has 0 aliphatic rings. The van der Waals surface area contributed by atoms with Crippen LogP contribution in [0, 0.1) is 0 Å². The van der Waals surface area contributed by atoms with Gasteiger partial charge in [0.05, 0.1) is 5.69 Å². The molecule has 2 aromatic heterocycles. The molecule has 76 valence electrons. The summed E-state index contributed by atoms with van der Waals surface area (Å²) in [6, 6.07) is 2.22. The van der Waals surface area contributed by atoms with Crippen molar-refractivity contribution in [1.29, 1.82) is 0 Å². The smallest absolute Gasteiger partial charge is 0.148 e. The van der Waals surface area contributed by atoms with Gasteiger partial charge in [-0.3, -0.25) is 0 Å². The molecule has 0 amide bonds. The van der Waals surface area contributed by atoms with Crippen LogP contribution in [0.3, 0.4) is 0 Å². The molecule has 14 heavy (non-hydrogen) atoms. The Balaban J connectivity index is 2.61. The number of hydrogen-bond acceptors (Lipinski definition) is 3. The maximum Gasteiger partial charge on any atom is 0.148 e. The maximum absolute atomic E-state index is 5.86. The summed E-state index contributed by atoms with van der Waals surface area (Å²) in [6.45, 7) is 4.09. The van der Waals surface area contributed by atoms with Gasteiger partial charge in [-0.1, -0.05) is 0 Å². The van der Waals surface area contributed by atoms with Gasteiger partial charge in [-0.05, 0) is 19.9 Å². The van der Waals surface area contributed by atoms with Crippen LogP contribution in [0.1, 0.15) is 13.8 Å². The fraction of sp³-hybridized carbons (Fsp3) is 0.333. The van der Waals surface area contributed by atoms with Gasteiger partial charge < -0.3 is 21.9 Å². The number of nitrogen functional groups attached to an aromatic ring is 2. The van der Waals surface area contributed by atoms with Gasteiger partial charge >= 0.3 is 0 Å². The van der Waals surface area contributed by atoms with E-state index in [0.717, 1.165) is 11.0 Å². The number of rotatable bonds is 2. The van der Waals surface area contributed by atoms with Crippen molar-refractivity contribution < 1.29 is 0 Å². The van der Waals surface area contributed by atoms with E-state index in [4.69, 9.17) is 11.5 Å². The summed E-state index contributed by atoms with van der Waals surface area (Å²) < 4.78 is 1.79. The van der Waals surface area contributed by atoms with Crippen LogP contribution in [0.15, 0.2) is 12.3 Å². The monoisotopic (exact) mass is 193 g/mol. The van der Waals surface area contributed by atoms with Crippen LogP contribution in [-0.4, -0.2) is 15.7 Å². The summed E-state index contributed by atoms with van der Waals surface area (Å²) in [4.78, 5) is 3.10. The number of nitrogens with two attached hydrogens (primary N) is 2. The molecular formula is C9H15N5. The molecular weight excluding hydrogens is 178 g/mol. The maximum atomic E-state index is 5.86. The molecule has 2 heterocycles. The van der Waals surface area contributed by atoms with Gasteiger partial charge in [0.1, 0.15) is 11.5 Å². The van der Waals surface area contributed by atoms with E-state index in [-0.39, 0.29) is 0 Å². The minimum absolute atomic E-state index is 0.301. The van der Waals surface area contributed by atoms with Crippen LogP contribution in [0.4, 0.5) is 11.5 Å². The average Bonchev–Trinajstić information content (AvgIpc) is 2.65. The van der Waals surface area contributed by atoms with Crippen molar-refractivity contribution in [2.75, 3.05) is 16.9 Å². The normalized spacial score (nSPS) is 11.4. The van der Waals surface area contributed by atoms with Crippen LogP contribution in [0.2, 0.25) is 0 Å². The Morgan fingerprint density at radius 1 is 1.43 bits per heavy atom. The fourth-order valence-corrected chi connectivity index (χ4v) is 1.53. The minimum Gasteiger partial charge on any atom is -0.395 e. The van der Waals surface area contributed by atoms with Crippen LogP contribution >= 0.6 is 0 Å². The molecule has 0 aliphatic heterocycles. The number of hydrogen-bond donors (Lipinski definition) is 4. The molecule has 0 unspecified atom stereocenters. The standard InChI is InChI=1S/C9H15N5/c1-5(2)13-14-8(11)7(10)6-3-4-12-9(6)14/h3-5,12-13H,10-11H2,1-2H3. The van der Waals surface area contributed by atoms with Gasteiger partial charge in [-0.2, -0.15) is 0 Å². The summed E-state index contributed by atoms with van der Waals surface area (Å²) in [5.41, 5.74) is 16.5. The third-order valence-corrected chi connectivity index (χ3v) is 2.14. The second-order valence-electron chi connectivity index (χ2n) is 3.66. The fourth-order valence-electron chi connectivity index (χ4n) is 1.53. The van der Waals surface area contributed by atoms with E-state index in [2.05, 4.69) is 10.4 Å². The highest BCUT2D eigenvalue weighted by Crippen LogP contribution is 2.28. The van der Waals surface area contributed by atoms with E-state index in [1.165, 1.54) is 0 Å². The summed E-state index contributed by atoms with van der Waals surface area (Å²) in [6.07, 6.45) is 1.85. The topological polar surface area (TPSA) is 84.8 Å². The Labute approximate surface area is 82.0 Å². The van der Waals surface area contributed by atoms with Gasteiger partial charge in [0.15, 0.2) is 0 Å². The quantitative estimate of drug-likeness (QED) is 0.576. The molecule has 0 aromatic carbocycles. The zero-order chi connectivity index (χ0) is 10.3. The second-order valence-corrected chi connectivity index (χ2v) is 3.66. The number of aromatic nitrogens is 2. The summed E-state index contributed by atoms with van der Waals surface area (Å²) in [5.74, 6) is 0.556. The van der Waals surface area contributed by atoms with Crippen molar-refractivity contribution in [2.45, 2.75) is 19.9 Å². The molecule has 6 N–H and O–H groups in total.